The van der Waals surface area contributed by atoms with Gasteiger partial charge in [-0.25, -0.2) is 0 Å². The molecule has 24 heavy (non-hydrogen) atoms. The quantitative estimate of drug-likeness (QED) is 0.521. The van der Waals surface area contributed by atoms with Gasteiger partial charge in [-0.2, -0.15) is 13.2 Å². The van der Waals surface area contributed by atoms with Crippen LogP contribution in [0.1, 0.15) is 5.69 Å². The van der Waals surface area contributed by atoms with E-state index >= 15 is 0 Å². The maximum absolute atomic E-state index is 12.6. The average molecular weight is 372 g/mol. The van der Waals surface area contributed by atoms with Gasteiger partial charge in [0.1, 0.15) is 5.69 Å². The van der Waals surface area contributed by atoms with Crippen LogP contribution in [-0.2, 0) is 6.18 Å². The molecule has 3 nitrogen and oxygen atoms in total. The molecule has 0 amide bonds. The van der Waals surface area contributed by atoms with E-state index in [9.17, 15) is 13.2 Å². The van der Waals surface area contributed by atoms with E-state index in [1.165, 1.54) is 6.07 Å². The Labute approximate surface area is 146 Å². The molecule has 0 saturated heterocycles. The van der Waals surface area contributed by atoms with E-state index in [0.29, 0.717) is 9.92 Å². The fourth-order valence-corrected chi connectivity index (χ4v) is 2.55. The predicted octanol–water partition coefficient (Wildman–Crippen LogP) is 5.49. The minimum absolute atomic E-state index is 0.250. The van der Waals surface area contributed by atoms with Crippen molar-refractivity contribution in [1.29, 1.82) is 5.41 Å². The zero-order valence-electron chi connectivity index (χ0n) is 12.3. The normalized spacial score (nSPS) is 11.7. The first-order chi connectivity index (χ1) is 11.3. The second-order valence-electron chi connectivity index (χ2n) is 4.67. The molecule has 1 heterocycles. The number of allylic oxidation sites excluding steroid dienone is 1. The molecular weight excluding hydrogens is 359 g/mol. The molecule has 0 unspecified atom stereocenters. The van der Waals surface area contributed by atoms with Crippen LogP contribution in [0.4, 0.5) is 18.9 Å². The van der Waals surface area contributed by atoms with Gasteiger partial charge in [-0.05, 0) is 42.5 Å². The van der Waals surface area contributed by atoms with Crippen LogP contribution in [0.25, 0.3) is 0 Å². The zero-order chi connectivity index (χ0) is 17.6. The average Bonchev–Trinajstić information content (AvgIpc) is 2.54. The Balaban J connectivity index is 1.84. The molecular formula is C16H13ClF3N3S. The highest BCUT2D eigenvalue weighted by Crippen LogP contribution is 2.30. The van der Waals surface area contributed by atoms with Gasteiger partial charge in [0.25, 0.3) is 0 Å². The third-order valence-electron chi connectivity index (χ3n) is 2.79. The van der Waals surface area contributed by atoms with Crippen molar-refractivity contribution in [3.8, 4) is 0 Å². The van der Waals surface area contributed by atoms with Crippen LogP contribution < -0.4 is 5.32 Å². The van der Waals surface area contributed by atoms with Crippen LogP contribution in [0, 0.1) is 5.41 Å². The topological polar surface area (TPSA) is 48.8 Å². The lowest BCUT2D eigenvalue weighted by Crippen LogP contribution is -2.07. The van der Waals surface area contributed by atoms with Crippen molar-refractivity contribution in [2.75, 3.05) is 11.1 Å². The van der Waals surface area contributed by atoms with Crippen molar-refractivity contribution in [2.45, 2.75) is 11.1 Å². The first kappa shape index (κ1) is 18.4. The summed E-state index contributed by atoms with van der Waals surface area (Å²) >= 11 is 6.92. The lowest BCUT2D eigenvalue weighted by Gasteiger charge is -2.07. The number of halogens is 4. The van der Waals surface area contributed by atoms with Gasteiger partial charge in [0, 0.05) is 39.5 Å². The van der Waals surface area contributed by atoms with E-state index in [-0.39, 0.29) is 11.5 Å². The number of hydrogen-bond donors (Lipinski definition) is 2. The van der Waals surface area contributed by atoms with Crippen LogP contribution in [0.15, 0.2) is 59.8 Å². The fraction of sp³-hybridized carbons (Fsp3) is 0.125. The van der Waals surface area contributed by atoms with E-state index < -0.39 is 11.9 Å². The second kappa shape index (κ2) is 8.21. The minimum atomic E-state index is -4.47. The number of anilines is 1. The summed E-state index contributed by atoms with van der Waals surface area (Å²) in [6.45, 7) is 0. The third kappa shape index (κ3) is 5.90. The summed E-state index contributed by atoms with van der Waals surface area (Å²) in [7, 11) is 0. The Kier molecular flexibility index (Phi) is 6.28. The summed E-state index contributed by atoms with van der Waals surface area (Å²) in [5.74, 6) is 0.250. The highest BCUT2D eigenvalue weighted by molar-refractivity contribution is 8.00. The highest BCUT2D eigenvalue weighted by atomic mass is 35.5. The lowest BCUT2D eigenvalue weighted by molar-refractivity contribution is -0.141. The van der Waals surface area contributed by atoms with Gasteiger partial charge in [-0.1, -0.05) is 11.6 Å². The molecule has 0 radical (unpaired) electrons. The number of hydrogen-bond acceptors (Lipinski definition) is 4. The van der Waals surface area contributed by atoms with E-state index in [2.05, 4.69) is 10.3 Å². The molecule has 0 saturated carbocycles. The number of alkyl halides is 3. The van der Waals surface area contributed by atoms with Crippen LogP contribution in [0.2, 0.25) is 5.02 Å². The molecule has 2 aromatic rings. The van der Waals surface area contributed by atoms with Crippen molar-refractivity contribution in [2.24, 2.45) is 0 Å². The first-order valence-corrected chi connectivity index (χ1v) is 8.13. The van der Waals surface area contributed by atoms with Crippen molar-refractivity contribution >= 4 is 34.8 Å². The van der Waals surface area contributed by atoms with Crippen LogP contribution in [0.3, 0.4) is 0 Å². The van der Waals surface area contributed by atoms with Gasteiger partial charge in [-0.3, -0.25) is 4.98 Å². The summed E-state index contributed by atoms with van der Waals surface area (Å²) in [5, 5.41) is 11.4. The second-order valence-corrected chi connectivity index (χ2v) is 6.16. The van der Waals surface area contributed by atoms with Crippen molar-refractivity contribution in [1.82, 2.24) is 4.98 Å². The molecule has 126 valence electrons. The summed E-state index contributed by atoms with van der Waals surface area (Å²) in [6, 6.07) is 9.53. The number of nitrogens with one attached hydrogen (secondary N) is 2. The number of pyridine rings is 1. The summed E-state index contributed by atoms with van der Waals surface area (Å²) in [5.41, 5.74) is 0.158. The monoisotopic (exact) mass is 371 g/mol. The smallest absolute Gasteiger partial charge is 0.362 e. The molecule has 0 aliphatic heterocycles. The summed E-state index contributed by atoms with van der Waals surface area (Å²) in [4.78, 5) is 3.72. The standard InChI is InChI=1S/C16H13ClF3N3S/c17-11-1-3-13(4-2-11)22-7-5-12(21)10-24-14-6-8-23-15(9-14)16(18,19)20/h1-9,21-22H,10H2/b7-5-,21-12?. The number of nitrogens with zero attached hydrogens (tertiary/aromatic N) is 1. The zero-order valence-corrected chi connectivity index (χ0v) is 13.8. The van der Waals surface area contributed by atoms with Gasteiger partial charge in [0.2, 0.25) is 0 Å². The Morgan fingerprint density at radius 1 is 1.25 bits per heavy atom. The minimum Gasteiger partial charge on any atom is -0.362 e. The van der Waals surface area contributed by atoms with E-state index in [4.69, 9.17) is 17.0 Å². The maximum Gasteiger partial charge on any atom is 0.433 e. The van der Waals surface area contributed by atoms with Gasteiger partial charge >= 0.3 is 6.18 Å². The molecule has 1 aromatic heterocycles. The van der Waals surface area contributed by atoms with E-state index in [1.807, 2.05) is 0 Å². The number of aromatic nitrogens is 1. The van der Waals surface area contributed by atoms with Gasteiger partial charge in [0.05, 0.1) is 0 Å². The summed E-state index contributed by atoms with van der Waals surface area (Å²) in [6.07, 6.45) is -0.202. The molecule has 2 rings (SSSR count). The lowest BCUT2D eigenvalue weighted by atomic mass is 10.3. The number of thioether (sulfide) groups is 1. The van der Waals surface area contributed by atoms with E-state index in [1.54, 1.807) is 36.5 Å². The van der Waals surface area contributed by atoms with E-state index in [0.717, 1.165) is 29.7 Å². The molecule has 1 aromatic carbocycles. The van der Waals surface area contributed by atoms with Gasteiger partial charge in [0.15, 0.2) is 0 Å². The van der Waals surface area contributed by atoms with Crippen LogP contribution in [0.5, 0.6) is 0 Å². The molecule has 0 fully saturated rings. The predicted molar refractivity (Wildman–Crippen MR) is 91.9 cm³/mol. The Morgan fingerprint density at radius 2 is 1.96 bits per heavy atom. The van der Waals surface area contributed by atoms with Crippen LogP contribution in [-0.4, -0.2) is 16.4 Å². The molecule has 8 heteroatoms. The van der Waals surface area contributed by atoms with Gasteiger partial charge < -0.3 is 10.7 Å². The van der Waals surface area contributed by atoms with Crippen LogP contribution >= 0.6 is 23.4 Å². The van der Waals surface area contributed by atoms with Crippen molar-refractivity contribution in [3.63, 3.8) is 0 Å². The third-order valence-corrected chi connectivity index (χ3v) is 4.09. The molecule has 0 bridgehead atoms. The van der Waals surface area contributed by atoms with Gasteiger partial charge in [-0.15, -0.1) is 11.8 Å². The van der Waals surface area contributed by atoms with Crippen molar-refractivity contribution in [3.05, 3.63) is 65.6 Å². The molecule has 0 aliphatic carbocycles. The Morgan fingerprint density at radius 3 is 2.62 bits per heavy atom. The SMILES string of the molecule is N=C(/C=C\Nc1ccc(Cl)cc1)CSc1ccnc(C(F)(F)F)c1. The Bertz CT molecular complexity index is 730. The number of benzene rings is 1. The fourth-order valence-electron chi connectivity index (χ4n) is 1.65. The molecule has 0 spiro atoms. The first-order valence-electron chi connectivity index (χ1n) is 6.77. The largest absolute Gasteiger partial charge is 0.433 e. The highest BCUT2D eigenvalue weighted by Gasteiger charge is 2.32. The number of rotatable bonds is 6. The van der Waals surface area contributed by atoms with Crippen molar-refractivity contribution < 1.29 is 13.2 Å². The molecule has 0 aliphatic rings. The summed E-state index contributed by atoms with van der Waals surface area (Å²) < 4.78 is 37.7. The molecule has 2 N–H and O–H groups in total. The Hall–Kier alpha value is -1.99. The molecule has 0 atom stereocenters. The maximum atomic E-state index is 12.6.